The number of methoxy groups -OCH3 is 1. The molecule has 0 spiro atoms. The molecule has 0 aromatic heterocycles. The van der Waals surface area contributed by atoms with Gasteiger partial charge in [0, 0.05) is 30.3 Å². The minimum absolute atomic E-state index is 0.0378. The Morgan fingerprint density at radius 3 is 2.62 bits per heavy atom. The fraction of sp³-hybridized carbons (Fsp3) is 0.143. The van der Waals surface area contributed by atoms with Crippen molar-refractivity contribution in [2.45, 2.75) is 6.54 Å². The lowest BCUT2D eigenvalue weighted by atomic mass is 10.2. The lowest BCUT2D eigenvalue weighted by Crippen LogP contribution is -2.02. The zero-order valence-electron chi connectivity index (χ0n) is 11.2. The number of anilines is 1. The Balaban J connectivity index is 2.22. The van der Waals surface area contributed by atoms with E-state index in [0.29, 0.717) is 17.0 Å². The van der Waals surface area contributed by atoms with E-state index < -0.39 is 4.92 Å². The van der Waals surface area contributed by atoms with Crippen molar-refractivity contribution in [3.63, 3.8) is 0 Å². The third-order valence-corrected chi connectivity index (χ3v) is 2.93. The minimum atomic E-state index is -0.497. The molecule has 0 aliphatic rings. The number of hydrogen-bond acceptors (Lipinski definition) is 6. The lowest BCUT2D eigenvalue weighted by molar-refractivity contribution is -0.384. The normalized spacial score (nSPS) is 10.1. The van der Waals surface area contributed by atoms with Crippen LogP contribution in [-0.2, 0) is 6.54 Å². The van der Waals surface area contributed by atoms with Crippen LogP contribution >= 0.6 is 0 Å². The first-order valence-electron chi connectivity index (χ1n) is 6.08. The van der Waals surface area contributed by atoms with Gasteiger partial charge in [-0.3, -0.25) is 10.1 Å². The quantitative estimate of drug-likeness (QED) is 0.577. The molecular formula is C14H14N2O5. The molecule has 3 N–H and O–H groups in total. The second-order valence-electron chi connectivity index (χ2n) is 4.31. The maximum Gasteiger partial charge on any atom is 0.271 e. The number of nitro groups is 1. The summed E-state index contributed by atoms with van der Waals surface area (Å²) in [6, 6.07) is 8.43. The van der Waals surface area contributed by atoms with Crippen molar-refractivity contribution in [1.29, 1.82) is 0 Å². The van der Waals surface area contributed by atoms with E-state index in [-0.39, 0.29) is 23.7 Å². The Morgan fingerprint density at radius 2 is 2.00 bits per heavy atom. The van der Waals surface area contributed by atoms with Crippen LogP contribution in [0.2, 0.25) is 0 Å². The van der Waals surface area contributed by atoms with Gasteiger partial charge in [-0.2, -0.15) is 0 Å². The number of rotatable bonds is 5. The molecule has 21 heavy (non-hydrogen) atoms. The molecule has 0 unspecified atom stereocenters. The SMILES string of the molecule is COc1ccc([N+](=O)[O-])cc1NCc1ccc(O)cc1O. The number of phenols is 2. The van der Waals surface area contributed by atoms with Crippen molar-refractivity contribution in [2.75, 3.05) is 12.4 Å². The van der Waals surface area contributed by atoms with Crippen molar-refractivity contribution >= 4 is 11.4 Å². The fourth-order valence-electron chi connectivity index (χ4n) is 1.84. The highest BCUT2D eigenvalue weighted by molar-refractivity contribution is 5.62. The van der Waals surface area contributed by atoms with Gasteiger partial charge in [0.05, 0.1) is 17.7 Å². The number of nitrogens with one attached hydrogen (secondary N) is 1. The summed E-state index contributed by atoms with van der Waals surface area (Å²) in [4.78, 5) is 10.3. The summed E-state index contributed by atoms with van der Waals surface area (Å²) < 4.78 is 5.13. The van der Waals surface area contributed by atoms with Gasteiger partial charge in [-0.05, 0) is 18.2 Å². The lowest BCUT2D eigenvalue weighted by Gasteiger charge is -2.12. The summed E-state index contributed by atoms with van der Waals surface area (Å²) in [5, 5.41) is 32.7. The molecule has 0 amide bonds. The highest BCUT2D eigenvalue weighted by Gasteiger charge is 2.11. The first-order valence-corrected chi connectivity index (χ1v) is 6.08. The first-order chi connectivity index (χ1) is 10.0. The van der Waals surface area contributed by atoms with Gasteiger partial charge in [0.25, 0.3) is 5.69 Å². The molecule has 2 aromatic rings. The molecule has 0 aliphatic carbocycles. The number of hydrogen-bond donors (Lipinski definition) is 3. The third-order valence-electron chi connectivity index (χ3n) is 2.93. The number of phenolic OH excluding ortho intramolecular Hbond substituents is 2. The maximum absolute atomic E-state index is 10.8. The van der Waals surface area contributed by atoms with Crippen molar-refractivity contribution in [3.8, 4) is 17.2 Å². The van der Waals surface area contributed by atoms with Gasteiger partial charge >= 0.3 is 0 Å². The van der Waals surface area contributed by atoms with Crippen LogP contribution in [0.15, 0.2) is 36.4 Å². The topological polar surface area (TPSA) is 105 Å². The molecule has 0 fully saturated rings. The summed E-state index contributed by atoms with van der Waals surface area (Å²) in [6.07, 6.45) is 0. The zero-order valence-corrected chi connectivity index (χ0v) is 11.2. The standard InChI is InChI=1S/C14H14N2O5/c1-21-14-5-3-10(16(19)20)6-12(14)15-8-9-2-4-11(17)7-13(9)18/h2-7,15,17-18H,8H2,1H3. The number of benzene rings is 2. The van der Waals surface area contributed by atoms with E-state index >= 15 is 0 Å². The van der Waals surface area contributed by atoms with Crippen LogP contribution in [0.5, 0.6) is 17.2 Å². The van der Waals surface area contributed by atoms with E-state index in [1.165, 1.54) is 37.4 Å². The Hall–Kier alpha value is -2.96. The van der Waals surface area contributed by atoms with Crippen LogP contribution in [0.3, 0.4) is 0 Å². The molecule has 0 bridgehead atoms. The van der Waals surface area contributed by atoms with Crippen LogP contribution in [0.25, 0.3) is 0 Å². The van der Waals surface area contributed by atoms with Gasteiger partial charge < -0.3 is 20.3 Å². The average Bonchev–Trinajstić information content (AvgIpc) is 2.46. The smallest absolute Gasteiger partial charge is 0.271 e. The Morgan fingerprint density at radius 1 is 1.24 bits per heavy atom. The van der Waals surface area contributed by atoms with E-state index in [2.05, 4.69) is 5.32 Å². The highest BCUT2D eigenvalue weighted by Crippen LogP contribution is 2.30. The maximum atomic E-state index is 10.8. The monoisotopic (exact) mass is 290 g/mol. The third kappa shape index (κ3) is 3.33. The van der Waals surface area contributed by atoms with E-state index in [9.17, 15) is 20.3 Å². The molecule has 7 heteroatoms. The second-order valence-corrected chi connectivity index (χ2v) is 4.31. The predicted octanol–water partition coefficient (Wildman–Crippen LogP) is 2.63. The first kappa shape index (κ1) is 14.4. The van der Waals surface area contributed by atoms with Gasteiger partial charge in [0.1, 0.15) is 17.2 Å². The number of nitrogens with zero attached hydrogens (tertiary/aromatic N) is 1. The summed E-state index contributed by atoms with van der Waals surface area (Å²) in [5.74, 6) is 0.356. The van der Waals surface area contributed by atoms with Crippen LogP contribution < -0.4 is 10.1 Å². The Kier molecular flexibility index (Phi) is 4.13. The zero-order chi connectivity index (χ0) is 15.4. The fourth-order valence-corrected chi connectivity index (χ4v) is 1.84. The molecule has 0 aliphatic heterocycles. The van der Waals surface area contributed by atoms with Gasteiger partial charge in [-0.25, -0.2) is 0 Å². The van der Waals surface area contributed by atoms with Crippen LogP contribution in [-0.4, -0.2) is 22.2 Å². The Bertz CT molecular complexity index is 672. The number of non-ortho nitro benzene ring substituents is 1. The van der Waals surface area contributed by atoms with E-state index in [1.807, 2.05) is 0 Å². The van der Waals surface area contributed by atoms with E-state index in [4.69, 9.17) is 4.74 Å². The van der Waals surface area contributed by atoms with Gasteiger partial charge in [0.15, 0.2) is 0 Å². The number of nitro benzene ring substituents is 1. The molecule has 110 valence electrons. The molecule has 7 nitrogen and oxygen atoms in total. The summed E-state index contributed by atoms with van der Waals surface area (Å²) in [5.41, 5.74) is 0.925. The van der Waals surface area contributed by atoms with Crippen molar-refractivity contribution in [3.05, 3.63) is 52.1 Å². The van der Waals surface area contributed by atoms with Crippen LogP contribution in [0.1, 0.15) is 5.56 Å². The average molecular weight is 290 g/mol. The minimum Gasteiger partial charge on any atom is -0.508 e. The van der Waals surface area contributed by atoms with Crippen molar-refractivity contribution in [1.82, 2.24) is 0 Å². The van der Waals surface area contributed by atoms with Crippen molar-refractivity contribution < 1.29 is 19.9 Å². The van der Waals surface area contributed by atoms with E-state index in [1.54, 1.807) is 6.07 Å². The summed E-state index contributed by atoms with van der Waals surface area (Å²) in [7, 11) is 1.46. The number of aromatic hydroxyl groups is 2. The number of ether oxygens (including phenoxy) is 1. The molecule has 2 aromatic carbocycles. The molecule has 0 heterocycles. The highest BCUT2D eigenvalue weighted by atomic mass is 16.6. The van der Waals surface area contributed by atoms with Gasteiger partial charge in [-0.1, -0.05) is 0 Å². The van der Waals surface area contributed by atoms with Gasteiger partial charge in [-0.15, -0.1) is 0 Å². The van der Waals surface area contributed by atoms with E-state index in [0.717, 1.165) is 0 Å². The second kappa shape index (κ2) is 6.00. The van der Waals surface area contributed by atoms with Crippen LogP contribution in [0, 0.1) is 10.1 Å². The molecule has 0 saturated heterocycles. The van der Waals surface area contributed by atoms with Crippen molar-refractivity contribution in [2.24, 2.45) is 0 Å². The molecule has 0 atom stereocenters. The van der Waals surface area contributed by atoms with Gasteiger partial charge in [0.2, 0.25) is 0 Å². The molecule has 0 radical (unpaired) electrons. The predicted molar refractivity (Wildman–Crippen MR) is 76.7 cm³/mol. The summed E-state index contributed by atoms with van der Waals surface area (Å²) >= 11 is 0. The van der Waals surface area contributed by atoms with Crippen LogP contribution in [0.4, 0.5) is 11.4 Å². The molecule has 0 saturated carbocycles. The Labute approximate surface area is 120 Å². The summed E-state index contributed by atoms with van der Waals surface area (Å²) in [6.45, 7) is 0.226. The molecule has 2 rings (SSSR count). The molecular weight excluding hydrogens is 276 g/mol. The largest absolute Gasteiger partial charge is 0.508 e.